The van der Waals surface area contributed by atoms with Crippen LogP contribution in [-0.4, -0.2) is 57.9 Å². The van der Waals surface area contributed by atoms with E-state index in [-0.39, 0.29) is 29.8 Å². The van der Waals surface area contributed by atoms with Crippen LogP contribution in [0.15, 0.2) is 63.7 Å². The highest BCUT2D eigenvalue weighted by atomic mass is 79.9. The molecule has 0 aliphatic carbocycles. The van der Waals surface area contributed by atoms with Crippen molar-refractivity contribution in [3.63, 3.8) is 0 Å². The molecule has 0 saturated carbocycles. The van der Waals surface area contributed by atoms with Gasteiger partial charge in [0.25, 0.3) is 0 Å². The van der Waals surface area contributed by atoms with E-state index in [4.69, 9.17) is 9.52 Å². The second kappa shape index (κ2) is 10.3. The number of carboxylic acids is 1. The number of nitrogens with zero attached hydrogens (tertiary/aromatic N) is 3. The molecule has 1 saturated heterocycles. The topological polar surface area (TPSA) is 86.9 Å². The van der Waals surface area contributed by atoms with Gasteiger partial charge in [-0.15, -0.1) is 0 Å². The molecule has 3 aromatic rings. The first-order valence-corrected chi connectivity index (χ1v) is 11.4. The van der Waals surface area contributed by atoms with Crippen LogP contribution >= 0.6 is 15.9 Å². The van der Waals surface area contributed by atoms with E-state index in [0.29, 0.717) is 38.6 Å². The first-order chi connectivity index (χ1) is 15.9. The Labute approximate surface area is 199 Å². The molecular weight excluding hydrogens is 493 g/mol. The number of hydrogen-bond donors (Lipinski definition) is 1. The number of halogens is 2. The number of carboxylic acid groups (broad SMARTS) is 1. The lowest BCUT2D eigenvalue weighted by atomic mass is 9.88. The molecule has 7 nitrogen and oxygen atoms in total. The van der Waals surface area contributed by atoms with Gasteiger partial charge in [0.1, 0.15) is 12.1 Å². The Kier molecular flexibility index (Phi) is 7.20. The van der Waals surface area contributed by atoms with Crippen LogP contribution in [0.5, 0.6) is 0 Å². The van der Waals surface area contributed by atoms with Crippen LogP contribution in [0, 0.1) is 5.82 Å². The van der Waals surface area contributed by atoms with Crippen molar-refractivity contribution in [3.8, 4) is 0 Å². The van der Waals surface area contributed by atoms with Crippen LogP contribution in [0.25, 0.3) is 0 Å². The first-order valence-electron chi connectivity index (χ1n) is 10.6. The van der Waals surface area contributed by atoms with Crippen molar-refractivity contribution >= 4 is 27.8 Å². The van der Waals surface area contributed by atoms with Gasteiger partial charge in [-0.3, -0.25) is 9.69 Å². The van der Waals surface area contributed by atoms with Gasteiger partial charge >= 0.3 is 5.97 Å². The number of hydrogen-bond acceptors (Lipinski definition) is 5. The molecule has 9 heteroatoms. The molecule has 0 bridgehead atoms. The SMILES string of the molecule is O=C(O)c1coc(CN2CCN(C(=O)CC(c3ccc(F)cc3)c3ccc(Br)cc3)CC2)n1. The van der Waals surface area contributed by atoms with Crippen LogP contribution < -0.4 is 0 Å². The predicted molar refractivity (Wildman–Crippen MR) is 122 cm³/mol. The van der Waals surface area contributed by atoms with Crippen LogP contribution in [0.3, 0.4) is 0 Å². The van der Waals surface area contributed by atoms with E-state index in [2.05, 4.69) is 25.8 Å². The maximum atomic E-state index is 13.5. The fraction of sp³-hybridized carbons (Fsp3) is 0.292. The number of aromatic nitrogens is 1. The van der Waals surface area contributed by atoms with Crippen LogP contribution in [0.4, 0.5) is 4.39 Å². The minimum Gasteiger partial charge on any atom is -0.476 e. The average molecular weight is 516 g/mol. The molecule has 1 aromatic heterocycles. The number of rotatable bonds is 7. The lowest BCUT2D eigenvalue weighted by Gasteiger charge is -2.35. The fourth-order valence-electron chi connectivity index (χ4n) is 3.95. The van der Waals surface area contributed by atoms with Gasteiger partial charge in [0, 0.05) is 43.0 Å². The number of benzene rings is 2. The molecule has 0 radical (unpaired) electrons. The van der Waals surface area contributed by atoms with E-state index in [1.807, 2.05) is 29.2 Å². The Balaban J connectivity index is 1.39. The summed E-state index contributed by atoms with van der Waals surface area (Å²) in [7, 11) is 0. The second-order valence-electron chi connectivity index (χ2n) is 7.95. The molecule has 172 valence electrons. The third-order valence-corrected chi connectivity index (χ3v) is 6.31. The zero-order chi connectivity index (χ0) is 23.4. The highest BCUT2D eigenvalue weighted by Crippen LogP contribution is 2.30. The standard InChI is InChI=1S/C24H23BrFN3O4/c25-18-5-1-16(2-6-18)20(17-3-7-19(26)8-4-17)13-23(30)29-11-9-28(10-12-29)14-22-27-21(15-33-22)24(31)32/h1-8,15,20H,9-14H2,(H,31,32). The lowest BCUT2D eigenvalue weighted by Crippen LogP contribution is -2.48. The normalized spacial score (nSPS) is 15.4. The highest BCUT2D eigenvalue weighted by Gasteiger charge is 2.26. The summed E-state index contributed by atoms with van der Waals surface area (Å²) in [6, 6.07) is 14.1. The van der Waals surface area contributed by atoms with Crippen LogP contribution in [0.2, 0.25) is 0 Å². The summed E-state index contributed by atoms with van der Waals surface area (Å²) < 4.78 is 19.6. The monoisotopic (exact) mass is 515 g/mol. The Morgan fingerprint density at radius 2 is 1.64 bits per heavy atom. The number of piperazine rings is 1. The number of amides is 1. The second-order valence-corrected chi connectivity index (χ2v) is 8.86. The summed E-state index contributed by atoms with van der Waals surface area (Å²) in [5.74, 6) is -1.22. The van der Waals surface area contributed by atoms with Crippen molar-refractivity contribution in [2.24, 2.45) is 0 Å². The summed E-state index contributed by atoms with van der Waals surface area (Å²) in [6.45, 7) is 2.78. The van der Waals surface area contributed by atoms with Gasteiger partial charge < -0.3 is 14.4 Å². The molecule has 1 aliphatic rings. The summed E-state index contributed by atoms with van der Waals surface area (Å²) in [4.78, 5) is 32.0. The molecule has 2 aromatic carbocycles. The van der Waals surface area contributed by atoms with Crippen molar-refractivity contribution in [3.05, 3.63) is 87.8 Å². The third kappa shape index (κ3) is 5.85. The number of carbonyl (C=O) groups excluding carboxylic acids is 1. The van der Waals surface area contributed by atoms with Gasteiger partial charge in [-0.1, -0.05) is 40.2 Å². The molecule has 1 N–H and O–H groups in total. The fourth-order valence-corrected chi connectivity index (χ4v) is 4.21. The van der Waals surface area contributed by atoms with Crippen molar-refractivity contribution in [2.75, 3.05) is 26.2 Å². The number of aromatic carboxylic acids is 1. The van der Waals surface area contributed by atoms with E-state index < -0.39 is 5.97 Å². The van der Waals surface area contributed by atoms with Crippen molar-refractivity contribution in [2.45, 2.75) is 18.9 Å². The summed E-state index contributed by atoms with van der Waals surface area (Å²) >= 11 is 3.44. The van der Waals surface area contributed by atoms with E-state index in [0.717, 1.165) is 21.9 Å². The highest BCUT2D eigenvalue weighted by molar-refractivity contribution is 9.10. The molecule has 2 heterocycles. The maximum absolute atomic E-state index is 13.5. The summed E-state index contributed by atoms with van der Waals surface area (Å²) in [6.07, 6.45) is 1.42. The molecule has 4 rings (SSSR count). The molecule has 33 heavy (non-hydrogen) atoms. The van der Waals surface area contributed by atoms with Gasteiger partial charge in [0.05, 0.1) is 6.54 Å². The van der Waals surface area contributed by atoms with Gasteiger partial charge in [-0.2, -0.15) is 0 Å². The Hall–Kier alpha value is -3.04. The molecule has 1 atom stereocenters. The minimum absolute atomic E-state index is 0.0381. The van der Waals surface area contributed by atoms with Crippen LogP contribution in [0.1, 0.15) is 39.8 Å². The molecule has 0 spiro atoms. The zero-order valence-electron chi connectivity index (χ0n) is 17.8. The number of oxazole rings is 1. The number of carbonyl (C=O) groups is 2. The summed E-state index contributed by atoms with van der Waals surface area (Å²) in [5, 5.41) is 8.96. The first kappa shape index (κ1) is 23.1. The van der Waals surface area contributed by atoms with Crippen molar-refractivity contribution in [1.29, 1.82) is 0 Å². The Morgan fingerprint density at radius 3 is 2.21 bits per heavy atom. The average Bonchev–Trinajstić information content (AvgIpc) is 3.28. The largest absolute Gasteiger partial charge is 0.476 e. The van der Waals surface area contributed by atoms with Crippen molar-refractivity contribution < 1.29 is 23.5 Å². The zero-order valence-corrected chi connectivity index (χ0v) is 19.4. The van der Waals surface area contributed by atoms with E-state index in [9.17, 15) is 14.0 Å². The molecule has 1 fully saturated rings. The Morgan fingerprint density at radius 1 is 1.03 bits per heavy atom. The molecule has 1 unspecified atom stereocenters. The molecule has 1 aliphatic heterocycles. The Bertz CT molecular complexity index is 1060. The quantitative estimate of drug-likeness (QED) is 0.508. The molecule has 1 amide bonds. The summed E-state index contributed by atoms with van der Waals surface area (Å²) in [5.41, 5.74) is 1.78. The van der Waals surface area contributed by atoms with Gasteiger partial charge in [-0.05, 0) is 35.4 Å². The van der Waals surface area contributed by atoms with E-state index >= 15 is 0 Å². The van der Waals surface area contributed by atoms with E-state index in [1.54, 1.807) is 12.1 Å². The van der Waals surface area contributed by atoms with Crippen molar-refractivity contribution in [1.82, 2.24) is 14.8 Å². The van der Waals surface area contributed by atoms with Gasteiger partial charge in [-0.25, -0.2) is 14.2 Å². The third-order valence-electron chi connectivity index (χ3n) is 5.78. The maximum Gasteiger partial charge on any atom is 0.357 e. The molecular formula is C24H23BrFN3O4. The van der Waals surface area contributed by atoms with E-state index in [1.165, 1.54) is 12.1 Å². The minimum atomic E-state index is -1.12. The van der Waals surface area contributed by atoms with Gasteiger partial charge in [0.15, 0.2) is 5.69 Å². The smallest absolute Gasteiger partial charge is 0.357 e. The lowest BCUT2D eigenvalue weighted by molar-refractivity contribution is -0.133. The predicted octanol–water partition coefficient (Wildman–Crippen LogP) is 4.14. The van der Waals surface area contributed by atoms with Crippen LogP contribution in [-0.2, 0) is 11.3 Å². The van der Waals surface area contributed by atoms with Gasteiger partial charge in [0.2, 0.25) is 11.8 Å².